The van der Waals surface area contributed by atoms with E-state index in [0.29, 0.717) is 23.8 Å². The molecule has 1 amide bonds. The summed E-state index contributed by atoms with van der Waals surface area (Å²) in [4.78, 5) is 25.6. The molecule has 0 unspecified atom stereocenters. The largest absolute Gasteiger partial charge is 0.497 e. The Morgan fingerprint density at radius 2 is 1.96 bits per heavy atom. The molecule has 0 saturated carbocycles. The van der Waals surface area contributed by atoms with Crippen molar-refractivity contribution in [2.24, 2.45) is 0 Å². The zero-order chi connectivity index (χ0) is 17.5. The monoisotopic (exact) mass is 333 g/mol. The number of amides is 1. The normalized spacial score (nSPS) is 10.1. The highest BCUT2D eigenvalue weighted by Gasteiger charge is 2.18. The number of hydrogen-bond donors (Lipinski definition) is 0. The van der Waals surface area contributed by atoms with Gasteiger partial charge in [-0.1, -0.05) is 0 Å². The second-order valence-corrected chi connectivity index (χ2v) is 4.97. The summed E-state index contributed by atoms with van der Waals surface area (Å²) >= 11 is 0. The molecule has 0 aliphatic rings. The molecule has 0 N–H and O–H groups in total. The smallest absolute Gasteiger partial charge is 0.342 e. The van der Waals surface area contributed by atoms with E-state index >= 15 is 0 Å². The summed E-state index contributed by atoms with van der Waals surface area (Å²) in [7, 11) is 4.54. The van der Waals surface area contributed by atoms with Crippen molar-refractivity contribution in [2.75, 3.05) is 27.9 Å². The van der Waals surface area contributed by atoms with Crippen LogP contribution in [-0.2, 0) is 16.1 Å². The van der Waals surface area contributed by atoms with E-state index in [1.165, 1.54) is 31.4 Å². The van der Waals surface area contributed by atoms with Gasteiger partial charge in [0.15, 0.2) is 6.61 Å². The maximum Gasteiger partial charge on any atom is 0.342 e. The van der Waals surface area contributed by atoms with E-state index in [1.807, 2.05) is 0 Å². The van der Waals surface area contributed by atoms with Crippen molar-refractivity contribution >= 4 is 11.9 Å². The molecule has 1 aromatic heterocycles. The lowest BCUT2D eigenvalue weighted by atomic mass is 10.2. The Morgan fingerprint density at radius 1 is 1.17 bits per heavy atom. The van der Waals surface area contributed by atoms with E-state index < -0.39 is 5.97 Å². The number of rotatable bonds is 7. The molecule has 7 nitrogen and oxygen atoms in total. The Balaban J connectivity index is 1.96. The van der Waals surface area contributed by atoms with Gasteiger partial charge < -0.3 is 23.5 Å². The molecule has 0 spiro atoms. The number of nitrogens with zero attached hydrogens (tertiary/aromatic N) is 1. The third-order valence-electron chi connectivity index (χ3n) is 3.35. The average Bonchev–Trinajstić information content (AvgIpc) is 3.11. The number of esters is 1. The van der Waals surface area contributed by atoms with Crippen molar-refractivity contribution in [3.63, 3.8) is 0 Å². The van der Waals surface area contributed by atoms with E-state index in [4.69, 9.17) is 18.6 Å². The van der Waals surface area contributed by atoms with Crippen molar-refractivity contribution < 1.29 is 28.2 Å². The SMILES string of the molecule is COc1ccc(OC)c(C(=O)OCC(=O)N(C)Cc2ccco2)c1. The van der Waals surface area contributed by atoms with E-state index in [1.54, 1.807) is 31.3 Å². The highest BCUT2D eigenvalue weighted by atomic mass is 16.5. The molecular formula is C17H19NO6. The standard InChI is InChI=1S/C17H19NO6/c1-18(10-13-5-4-8-23-13)16(19)11-24-17(20)14-9-12(21-2)6-7-15(14)22-3/h4-9H,10-11H2,1-3H3. The molecule has 2 aromatic rings. The van der Waals surface area contributed by atoms with Gasteiger partial charge in [-0.15, -0.1) is 0 Å². The first kappa shape index (κ1) is 17.4. The zero-order valence-corrected chi connectivity index (χ0v) is 13.8. The lowest BCUT2D eigenvalue weighted by Gasteiger charge is -2.16. The van der Waals surface area contributed by atoms with Gasteiger partial charge in [-0.05, 0) is 30.3 Å². The Hall–Kier alpha value is -2.96. The maximum atomic E-state index is 12.2. The molecular weight excluding hydrogens is 314 g/mol. The number of carbonyl (C=O) groups is 2. The number of hydrogen-bond acceptors (Lipinski definition) is 6. The second-order valence-electron chi connectivity index (χ2n) is 4.97. The predicted octanol–water partition coefficient (Wildman–Crippen LogP) is 2.11. The van der Waals surface area contributed by atoms with Gasteiger partial charge >= 0.3 is 5.97 Å². The van der Waals surface area contributed by atoms with Crippen LogP contribution in [0.2, 0.25) is 0 Å². The van der Waals surface area contributed by atoms with Crippen LogP contribution in [-0.4, -0.2) is 44.7 Å². The zero-order valence-electron chi connectivity index (χ0n) is 13.8. The highest BCUT2D eigenvalue weighted by molar-refractivity contribution is 5.94. The quantitative estimate of drug-likeness (QED) is 0.722. The molecule has 2 rings (SSSR count). The topological polar surface area (TPSA) is 78.2 Å². The predicted molar refractivity (Wildman–Crippen MR) is 85.0 cm³/mol. The summed E-state index contributed by atoms with van der Waals surface area (Å²) < 4.78 is 20.5. The molecule has 0 aliphatic carbocycles. The molecule has 128 valence electrons. The van der Waals surface area contributed by atoms with E-state index in [-0.39, 0.29) is 18.1 Å². The fourth-order valence-electron chi connectivity index (χ4n) is 2.01. The van der Waals surface area contributed by atoms with Crippen LogP contribution in [0.4, 0.5) is 0 Å². The summed E-state index contributed by atoms with van der Waals surface area (Å²) in [6.07, 6.45) is 1.53. The van der Waals surface area contributed by atoms with Crippen molar-refractivity contribution in [1.82, 2.24) is 4.90 Å². The van der Waals surface area contributed by atoms with Crippen molar-refractivity contribution in [1.29, 1.82) is 0 Å². The number of benzene rings is 1. The molecule has 0 saturated heterocycles. The minimum Gasteiger partial charge on any atom is -0.497 e. The molecule has 7 heteroatoms. The van der Waals surface area contributed by atoms with Crippen molar-refractivity contribution in [3.05, 3.63) is 47.9 Å². The fourth-order valence-corrected chi connectivity index (χ4v) is 2.01. The highest BCUT2D eigenvalue weighted by Crippen LogP contribution is 2.24. The third-order valence-corrected chi connectivity index (χ3v) is 3.35. The maximum absolute atomic E-state index is 12.2. The van der Waals surface area contributed by atoms with Crippen LogP contribution in [0, 0.1) is 0 Å². The summed E-state index contributed by atoms with van der Waals surface area (Å²) in [6, 6.07) is 8.26. The third kappa shape index (κ3) is 4.28. The minimum atomic E-state index is -0.662. The van der Waals surface area contributed by atoms with Gasteiger partial charge in [-0.2, -0.15) is 0 Å². The molecule has 24 heavy (non-hydrogen) atoms. The molecule has 1 aromatic carbocycles. The number of ether oxygens (including phenoxy) is 3. The number of methoxy groups -OCH3 is 2. The van der Waals surface area contributed by atoms with Crippen molar-refractivity contribution in [2.45, 2.75) is 6.54 Å². The molecule has 0 bridgehead atoms. The van der Waals surface area contributed by atoms with Crippen molar-refractivity contribution in [3.8, 4) is 11.5 Å². The average molecular weight is 333 g/mol. The number of carbonyl (C=O) groups excluding carboxylic acids is 2. The lowest BCUT2D eigenvalue weighted by molar-refractivity contribution is -0.134. The van der Waals surface area contributed by atoms with Gasteiger partial charge in [0.25, 0.3) is 5.91 Å². The van der Waals surface area contributed by atoms with Gasteiger partial charge in [0.05, 0.1) is 27.0 Å². The summed E-state index contributed by atoms with van der Waals surface area (Å²) in [6.45, 7) is -0.0811. The molecule has 0 radical (unpaired) electrons. The van der Waals surface area contributed by atoms with Crippen LogP contribution >= 0.6 is 0 Å². The minimum absolute atomic E-state index is 0.193. The van der Waals surface area contributed by atoms with Gasteiger partial charge in [-0.25, -0.2) is 4.79 Å². The summed E-state index contributed by atoms with van der Waals surface area (Å²) in [5, 5.41) is 0. The Bertz CT molecular complexity index is 695. The van der Waals surface area contributed by atoms with Gasteiger partial charge in [0.2, 0.25) is 0 Å². The van der Waals surface area contributed by atoms with E-state index in [2.05, 4.69) is 0 Å². The Labute approximate surface area is 139 Å². The van der Waals surface area contributed by atoms with Gasteiger partial charge in [0, 0.05) is 7.05 Å². The molecule has 0 fully saturated rings. The van der Waals surface area contributed by atoms with Gasteiger partial charge in [-0.3, -0.25) is 4.79 Å². The Morgan fingerprint density at radius 3 is 2.58 bits per heavy atom. The number of furan rings is 1. The van der Waals surface area contributed by atoms with Crippen LogP contribution in [0.3, 0.4) is 0 Å². The summed E-state index contributed by atoms with van der Waals surface area (Å²) in [5.41, 5.74) is 0.193. The molecule has 1 heterocycles. The van der Waals surface area contributed by atoms with Crippen LogP contribution in [0.15, 0.2) is 41.0 Å². The summed E-state index contributed by atoms with van der Waals surface area (Å²) in [5.74, 6) is 0.472. The molecule has 0 atom stereocenters. The first-order chi connectivity index (χ1) is 11.5. The molecule has 0 aliphatic heterocycles. The van der Waals surface area contributed by atoms with Crippen LogP contribution in [0.5, 0.6) is 11.5 Å². The van der Waals surface area contributed by atoms with Crippen LogP contribution < -0.4 is 9.47 Å². The van der Waals surface area contributed by atoms with E-state index in [9.17, 15) is 9.59 Å². The number of likely N-dealkylation sites (N-methyl/N-ethyl adjacent to an activating group) is 1. The van der Waals surface area contributed by atoms with Crippen LogP contribution in [0.1, 0.15) is 16.1 Å². The van der Waals surface area contributed by atoms with Crippen LogP contribution in [0.25, 0.3) is 0 Å². The Kier molecular flexibility index (Phi) is 5.83. The van der Waals surface area contributed by atoms with E-state index in [0.717, 1.165) is 0 Å². The first-order valence-electron chi connectivity index (χ1n) is 7.20. The fraction of sp³-hybridized carbons (Fsp3) is 0.294. The van der Waals surface area contributed by atoms with Gasteiger partial charge in [0.1, 0.15) is 22.8 Å². The first-order valence-corrected chi connectivity index (χ1v) is 7.20. The lowest BCUT2D eigenvalue weighted by Crippen LogP contribution is -2.30. The second kappa shape index (κ2) is 8.05.